The first-order valence-electron chi connectivity index (χ1n) is 10.0. The summed E-state index contributed by atoms with van der Waals surface area (Å²) in [4.78, 5) is 6.36. The molecule has 0 fully saturated rings. The Kier molecular flexibility index (Phi) is 5.55. The first kappa shape index (κ1) is 20.8. The number of hydrogen-bond acceptors (Lipinski definition) is 3. The molecule has 3 aromatic rings. The van der Waals surface area contributed by atoms with E-state index in [1.54, 1.807) is 0 Å². The molecule has 0 aliphatic rings. The van der Waals surface area contributed by atoms with Crippen molar-refractivity contribution in [3.8, 4) is 0 Å². The van der Waals surface area contributed by atoms with E-state index < -0.39 is 0 Å². The molecule has 0 unspecified atom stereocenters. The van der Waals surface area contributed by atoms with Gasteiger partial charge in [0.2, 0.25) is 0 Å². The van der Waals surface area contributed by atoms with Gasteiger partial charge in [0, 0.05) is 33.3 Å². The summed E-state index contributed by atoms with van der Waals surface area (Å²) in [6.45, 7) is 15.8. The maximum Gasteiger partial charge on any atom is 0.0681 e. The molecule has 4 heteroatoms. The highest BCUT2D eigenvalue weighted by Crippen LogP contribution is 2.34. The van der Waals surface area contributed by atoms with Crippen molar-refractivity contribution < 1.29 is 0 Å². The minimum Gasteiger partial charge on any atom is -0.285 e. The molecule has 0 aromatic carbocycles. The van der Waals surface area contributed by atoms with E-state index >= 15 is 0 Å². The third-order valence-corrected chi connectivity index (χ3v) is 6.38. The Hall–Kier alpha value is -1.94. The van der Waals surface area contributed by atoms with Crippen molar-refractivity contribution in [2.75, 3.05) is 0 Å². The number of thiophene rings is 1. The summed E-state index contributed by atoms with van der Waals surface area (Å²) in [6.07, 6.45) is 3.84. The fourth-order valence-electron chi connectivity index (χ4n) is 3.54. The third-order valence-electron chi connectivity index (χ3n) is 5.44. The van der Waals surface area contributed by atoms with E-state index in [0.717, 1.165) is 24.2 Å². The van der Waals surface area contributed by atoms with Gasteiger partial charge in [0.05, 0.1) is 5.69 Å². The normalized spacial score (nSPS) is 13.1. The van der Waals surface area contributed by atoms with Gasteiger partial charge in [0.25, 0.3) is 0 Å². The monoisotopic (exact) mass is 395 g/mol. The summed E-state index contributed by atoms with van der Waals surface area (Å²) in [6, 6.07) is 10.9. The van der Waals surface area contributed by atoms with Crippen LogP contribution in [0, 0.1) is 0 Å². The number of pyridine rings is 1. The molecule has 0 aliphatic heterocycles. The van der Waals surface area contributed by atoms with Crippen LogP contribution in [-0.4, -0.2) is 15.2 Å². The van der Waals surface area contributed by atoms with Crippen LogP contribution in [0.25, 0.3) is 0 Å². The average Bonchev–Trinajstić information content (AvgIpc) is 3.25. The van der Waals surface area contributed by atoms with E-state index in [2.05, 4.69) is 94.4 Å². The Bertz CT molecular complexity index is 911. The van der Waals surface area contributed by atoms with E-state index in [1.807, 2.05) is 17.5 Å². The Morgan fingerprint density at radius 3 is 2.29 bits per heavy atom. The van der Waals surface area contributed by atoms with Gasteiger partial charge in [-0.25, -0.2) is 0 Å². The van der Waals surface area contributed by atoms with E-state index in [9.17, 15) is 0 Å². The molecule has 0 bridgehead atoms. The van der Waals surface area contributed by atoms with Crippen molar-refractivity contribution in [3.63, 3.8) is 0 Å². The SMILES string of the molecule is CC(C)(C)c1cccc(CC(C)(C)c2csc(CC(C)(C)c3cc[nH]n3)c2)n1. The highest BCUT2D eigenvalue weighted by Gasteiger charge is 2.27. The summed E-state index contributed by atoms with van der Waals surface area (Å²) < 4.78 is 0. The summed E-state index contributed by atoms with van der Waals surface area (Å²) in [5.41, 5.74) is 4.99. The Morgan fingerprint density at radius 1 is 0.893 bits per heavy atom. The van der Waals surface area contributed by atoms with Gasteiger partial charge < -0.3 is 0 Å². The molecular formula is C24H33N3S. The summed E-state index contributed by atoms with van der Waals surface area (Å²) >= 11 is 1.86. The molecular weight excluding hydrogens is 362 g/mol. The van der Waals surface area contributed by atoms with Crippen LogP contribution >= 0.6 is 11.3 Å². The number of nitrogens with one attached hydrogen (secondary N) is 1. The average molecular weight is 396 g/mol. The van der Waals surface area contributed by atoms with Crippen LogP contribution in [-0.2, 0) is 29.1 Å². The molecule has 3 heterocycles. The molecule has 0 atom stereocenters. The first-order chi connectivity index (χ1) is 13.0. The van der Waals surface area contributed by atoms with Crippen LogP contribution in [0.5, 0.6) is 0 Å². The number of nitrogens with zero attached hydrogens (tertiary/aromatic N) is 2. The summed E-state index contributed by atoms with van der Waals surface area (Å²) in [5, 5.41) is 9.66. The van der Waals surface area contributed by atoms with Gasteiger partial charge in [-0.3, -0.25) is 10.1 Å². The molecule has 0 saturated heterocycles. The molecule has 0 saturated carbocycles. The lowest BCUT2D eigenvalue weighted by Crippen LogP contribution is -2.22. The second-order valence-electron chi connectivity index (χ2n) is 10.1. The zero-order valence-corrected chi connectivity index (χ0v) is 19.1. The van der Waals surface area contributed by atoms with Gasteiger partial charge in [0.1, 0.15) is 0 Å². The van der Waals surface area contributed by atoms with Crippen LogP contribution in [0.2, 0.25) is 0 Å². The second-order valence-corrected chi connectivity index (χ2v) is 11.1. The van der Waals surface area contributed by atoms with Gasteiger partial charge in [-0.1, -0.05) is 54.5 Å². The minimum absolute atomic E-state index is 0.0227. The standard InChI is InChI=1S/C24H33N3S/c1-22(2,3)20-10-8-9-18(26-20)14-23(4,5)17-13-19(28-16-17)15-24(6,7)21-11-12-25-27-21/h8-13,16H,14-15H2,1-7H3,(H,25,27). The lowest BCUT2D eigenvalue weighted by Gasteiger charge is -2.25. The van der Waals surface area contributed by atoms with Crippen LogP contribution in [0.15, 0.2) is 41.9 Å². The van der Waals surface area contributed by atoms with Crippen molar-refractivity contribution in [3.05, 3.63) is 69.4 Å². The molecule has 3 aromatic heterocycles. The molecule has 0 spiro atoms. The summed E-state index contributed by atoms with van der Waals surface area (Å²) in [5.74, 6) is 0. The number of aromatic amines is 1. The topological polar surface area (TPSA) is 41.6 Å². The molecule has 3 nitrogen and oxygen atoms in total. The molecule has 28 heavy (non-hydrogen) atoms. The summed E-state index contributed by atoms with van der Waals surface area (Å²) in [7, 11) is 0. The van der Waals surface area contributed by atoms with Gasteiger partial charge in [-0.2, -0.15) is 5.10 Å². The van der Waals surface area contributed by atoms with Crippen molar-refractivity contribution in [1.29, 1.82) is 0 Å². The van der Waals surface area contributed by atoms with Gasteiger partial charge in [-0.15, -0.1) is 11.3 Å². The van der Waals surface area contributed by atoms with E-state index in [1.165, 1.54) is 16.1 Å². The van der Waals surface area contributed by atoms with E-state index in [-0.39, 0.29) is 16.2 Å². The van der Waals surface area contributed by atoms with Crippen LogP contribution in [0.1, 0.15) is 76.0 Å². The van der Waals surface area contributed by atoms with Crippen LogP contribution in [0.3, 0.4) is 0 Å². The van der Waals surface area contributed by atoms with Crippen molar-refractivity contribution in [1.82, 2.24) is 15.2 Å². The van der Waals surface area contributed by atoms with Crippen LogP contribution < -0.4 is 0 Å². The highest BCUT2D eigenvalue weighted by atomic mass is 32.1. The van der Waals surface area contributed by atoms with Gasteiger partial charge in [-0.05, 0) is 53.5 Å². The van der Waals surface area contributed by atoms with Gasteiger partial charge in [0.15, 0.2) is 0 Å². The Labute approximate surface area is 173 Å². The Balaban J connectivity index is 1.76. The zero-order chi connectivity index (χ0) is 20.6. The van der Waals surface area contributed by atoms with Gasteiger partial charge >= 0.3 is 0 Å². The third kappa shape index (κ3) is 4.72. The fourth-order valence-corrected chi connectivity index (χ4v) is 4.85. The molecule has 0 aliphatic carbocycles. The zero-order valence-electron chi connectivity index (χ0n) is 18.3. The quantitative estimate of drug-likeness (QED) is 0.539. The van der Waals surface area contributed by atoms with Crippen molar-refractivity contribution >= 4 is 11.3 Å². The first-order valence-corrected chi connectivity index (χ1v) is 10.9. The lowest BCUT2D eigenvalue weighted by molar-refractivity contribution is 0.500. The predicted octanol–water partition coefficient (Wildman–Crippen LogP) is 6.20. The van der Waals surface area contributed by atoms with Crippen molar-refractivity contribution in [2.24, 2.45) is 0 Å². The molecule has 1 N–H and O–H groups in total. The maximum atomic E-state index is 4.95. The van der Waals surface area contributed by atoms with E-state index in [4.69, 9.17) is 4.98 Å². The molecule has 3 rings (SSSR count). The molecule has 0 radical (unpaired) electrons. The molecule has 150 valence electrons. The number of H-pyrrole nitrogens is 1. The predicted molar refractivity (Wildman–Crippen MR) is 119 cm³/mol. The maximum absolute atomic E-state index is 4.95. The second kappa shape index (κ2) is 7.47. The minimum atomic E-state index is 0.0227. The largest absolute Gasteiger partial charge is 0.285 e. The smallest absolute Gasteiger partial charge is 0.0681 e. The fraction of sp³-hybridized carbons (Fsp3) is 0.500. The highest BCUT2D eigenvalue weighted by molar-refractivity contribution is 7.10. The van der Waals surface area contributed by atoms with Crippen molar-refractivity contribution in [2.45, 2.75) is 77.6 Å². The number of aromatic nitrogens is 3. The van der Waals surface area contributed by atoms with Crippen LogP contribution in [0.4, 0.5) is 0 Å². The molecule has 0 amide bonds. The number of rotatable bonds is 6. The van der Waals surface area contributed by atoms with E-state index in [0.29, 0.717) is 0 Å². The Morgan fingerprint density at radius 2 is 1.64 bits per heavy atom. The number of hydrogen-bond donors (Lipinski definition) is 1. The lowest BCUT2D eigenvalue weighted by atomic mass is 9.80.